The molecule has 2 nitrogen and oxygen atoms in total. The predicted octanol–water partition coefficient (Wildman–Crippen LogP) is 6.46. The Hall–Kier alpha value is -1.64. The molecule has 2 aromatic rings. The van der Waals surface area contributed by atoms with Crippen LogP contribution in [0.15, 0.2) is 36.4 Å². The van der Waals surface area contributed by atoms with Crippen LogP contribution >= 0.6 is 23.2 Å². The van der Waals surface area contributed by atoms with Crippen molar-refractivity contribution in [3.05, 3.63) is 68.7 Å². The van der Waals surface area contributed by atoms with Gasteiger partial charge in [-0.05, 0) is 48.2 Å². The number of carbonyl (C=O) groups excluding carboxylic acids is 2. The van der Waals surface area contributed by atoms with Gasteiger partial charge in [-0.3, -0.25) is 9.59 Å². The Labute approximate surface area is 154 Å². The molecule has 2 aromatic carbocycles. The third kappa shape index (κ3) is 7.29. The molecule has 24 heavy (non-hydrogen) atoms. The number of aryl methyl sites for hydroxylation is 2. The summed E-state index contributed by atoms with van der Waals surface area (Å²) in [6.45, 7) is 8.02. The SMILES string of the molecule is CC.CCc1cc(C=O)ccc1Cl.CCc1cc(C=O)ccc1Cl. The minimum atomic E-state index is 0.686. The van der Waals surface area contributed by atoms with Crippen LogP contribution in [0.2, 0.25) is 10.0 Å². The largest absolute Gasteiger partial charge is 0.298 e. The molecule has 0 heterocycles. The molecular weight excluding hydrogens is 343 g/mol. The summed E-state index contributed by atoms with van der Waals surface area (Å²) in [5, 5.41) is 1.47. The lowest BCUT2D eigenvalue weighted by Crippen LogP contribution is -1.85. The van der Waals surface area contributed by atoms with Gasteiger partial charge >= 0.3 is 0 Å². The van der Waals surface area contributed by atoms with Crippen molar-refractivity contribution in [2.75, 3.05) is 0 Å². The first kappa shape index (κ1) is 22.4. The number of hydrogen-bond acceptors (Lipinski definition) is 2. The standard InChI is InChI=1S/2C9H9ClO.C2H6/c2*1-2-8-5-7(6-11)3-4-9(8)10;1-2/h2*3-6H,2H2,1H3;1-2H3. The summed E-state index contributed by atoms with van der Waals surface area (Å²) in [5.74, 6) is 0. The van der Waals surface area contributed by atoms with Crippen molar-refractivity contribution in [3.63, 3.8) is 0 Å². The summed E-state index contributed by atoms with van der Waals surface area (Å²) in [4.78, 5) is 20.7. The average Bonchev–Trinajstić information content (AvgIpc) is 2.64. The fourth-order valence-corrected chi connectivity index (χ4v) is 2.38. The summed E-state index contributed by atoms with van der Waals surface area (Å²) in [7, 11) is 0. The highest BCUT2D eigenvalue weighted by atomic mass is 35.5. The monoisotopic (exact) mass is 366 g/mol. The molecular formula is C20H24Cl2O2. The quantitative estimate of drug-likeness (QED) is 0.582. The van der Waals surface area contributed by atoms with Crippen molar-refractivity contribution < 1.29 is 9.59 Å². The van der Waals surface area contributed by atoms with E-state index in [1.165, 1.54) is 0 Å². The van der Waals surface area contributed by atoms with Crippen molar-refractivity contribution in [1.82, 2.24) is 0 Å². The number of carbonyl (C=O) groups is 2. The molecule has 0 saturated carbocycles. The van der Waals surface area contributed by atoms with E-state index in [1.54, 1.807) is 24.3 Å². The highest BCUT2D eigenvalue weighted by Gasteiger charge is 1.98. The van der Waals surface area contributed by atoms with Crippen molar-refractivity contribution in [2.45, 2.75) is 40.5 Å². The maximum absolute atomic E-state index is 10.3. The first-order valence-corrected chi connectivity index (χ1v) is 8.78. The summed E-state index contributed by atoms with van der Waals surface area (Å²) in [5.41, 5.74) is 3.42. The van der Waals surface area contributed by atoms with Gasteiger partial charge in [0.25, 0.3) is 0 Å². The van der Waals surface area contributed by atoms with E-state index in [2.05, 4.69) is 0 Å². The predicted molar refractivity (Wildman–Crippen MR) is 104 cm³/mol. The van der Waals surface area contributed by atoms with Gasteiger partial charge in [0.1, 0.15) is 12.6 Å². The van der Waals surface area contributed by atoms with E-state index < -0.39 is 0 Å². The van der Waals surface area contributed by atoms with E-state index >= 15 is 0 Å². The molecule has 0 radical (unpaired) electrons. The number of rotatable bonds is 4. The lowest BCUT2D eigenvalue weighted by atomic mass is 10.1. The van der Waals surface area contributed by atoms with Gasteiger partial charge in [-0.1, -0.05) is 63.0 Å². The third-order valence-electron chi connectivity index (χ3n) is 3.17. The van der Waals surface area contributed by atoms with Gasteiger partial charge in [-0.15, -0.1) is 0 Å². The Morgan fingerprint density at radius 3 is 1.33 bits per heavy atom. The van der Waals surface area contributed by atoms with Gasteiger partial charge in [-0.2, -0.15) is 0 Å². The first-order chi connectivity index (χ1) is 11.5. The molecule has 0 aliphatic rings. The fourth-order valence-electron chi connectivity index (χ4n) is 1.88. The zero-order chi connectivity index (χ0) is 18.5. The van der Waals surface area contributed by atoms with Crippen LogP contribution in [-0.2, 0) is 12.8 Å². The smallest absolute Gasteiger partial charge is 0.150 e. The summed E-state index contributed by atoms with van der Waals surface area (Å²) < 4.78 is 0. The maximum Gasteiger partial charge on any atom is 0.150 e. The Balaban J connectivity index is 0.000000400. The van der Waals surface area contributed by atoms with Gasteiger partial charge in [0, 0.05) is 21.2 Å². The maximum atomic E-state index is 10.3. The molecule has 0 fully saturated rings. The van der Waals surface area contributed by atoms with Crippen LogP contribution in [0.1, 0.15) is 59.5 Å². The Bertz CT molecular complexity index is 595. The van der Waals surface area contributed by atoms with E-state index in [4.69, 9.17) is 23.2 Å². The van der Waals surface area contributed by atoms with Crippen molar-refractivity contribution in [2.24, 2.45) is 0 Å². The number of aldehydes is 2. The van der Waals surface area contributed by atoms with Gasteiger partial charge < -0.3 is 0 Å². The number of halogens is 2. The first-order valence-electron chi connectivity index (χ1n) is 8.02. The Kier molecular flexibility index (Phi) is 11.9. The van der Waals surface area contributed by atoms with Crippen LogP contribution in [0.5, 0.6) is 0 Å². The van der Waals surface area contributed by atoms with E-state index in [0.29, 0.717) is 11.1 Å². The van der Waals surface area contributed by atoms with Gasteiger partial charge in [0.2, 0.25) is 0 Å². The van der Waals surface area contributed by atoms with Gasteiger partial charge in [-0.25, -0.2) is 0 Å². The zero-order valence-electron chi connectivity index (χ0n) is 14.6. The third-order valence-corrected chi connectivity index (χ3v) is 3.91. The van der Waals surface area contributed by atoms with Crippen LogP contribution in [0.25, 0.3) is 0 Å². The second kappa shape index (κ2) is 12.7. The molecule has 0 N–H and O–H groups in total. The van der Waals surface area contributed by atoms with E-state index in [1.807, 2.05) is 39.8 Å². The van der Waals surface area contributed by atoms with Gasteiger partial charge in [0.15, 0.2) is 0 Å². The van der Waals surface area contributed by atoms with Crippen LogP contribution < -0.4 is 0 Å². The second-order valence-corrected chi connectivity index (χ2v) is 5.46. The Morgan fingerprint density at radius 1 is 0.750 bits per heavy atom. The minimum Gasteiger partial charge on any atom is -0.298 e. The normalized spacial score (nSPS) is 9.08. The number of hydrogen-bond donors (Lipinski definition) is 0. The molecule has 0 aliphatic heterocycles. The van der Waals surface area contributed by atoms with E-state index in [9.17, 15) is 9.59 Å². The van der Waals surface area contributed by atoms with Crippen LogP contribution in [0.4, 0.5) is 0 Å². The minimum absolute atomic E-state index is 0.686. The molecule has 2 rings (SSSR count). The molecule has 0 saturated heterocycles. The summed E-state index contributed by atoms with van der Waals surface area (Å²) in [6.07, 6.45) is 3.38. The highest BCUT2D eigenvalue weighted by Crippen LogP contribution is 2.17. The second-order valence-electron chi connectivity index (χ2n) is 4.64. The molecule has 0 atom stereocenters. The van der Waals surface area contributed by atoms with Gasteiger partial charge in [0.05, 0.1) is 0 Å². The molecule has 0 spiro atoms. The molecule has 0 aromatic heterocycles. The van der Waals surface area contributed by atoms with Crippen molar-refractivity contribution in [3.8, 4) is 0 Å². The fraction of sp³-hybridized carbons (Fsp3) is 0.300. The Morgan fingerprint density at radius 2 is 1.08 bits per heavy atom. The lowest BCUT2D eigenvalue weighted by molar-refractivity contribution is 0.111. The summed E-state index contributed by atoms with van der Waals surface area (Å²) in [6, 6.07) is 10.6. The molecule has 0 unspecified atom stereocenters. The molecule has 4 heteroatoms. The molecule has 0 bridgehead atoms. The van der Waals surface area contributed by atoms with Crippen LogP contribution in [-0.4, -0.2) is 12.6 Å². The zero-order valence-corrected chi connectivity index (χ0v) is 16.1. The lowest BCUT2D eigenvalue weighted by Gasteiger charge is -1.99. The number of benzene rings is 2. The molecule has 130 valence electrons. The summed E-state index contributed by atoms with van der Waals surface area (Å²) >= 11 is 11.7. The van der Waals surface area contributed by atoms with Crippen LogP contribution in [0, 0.1) is 0 Å². The topological polar surface area (TPSA) is 34.1 Å². The van der Waals surface area contributed by atoms with Crippen LogP contribution in [0.3, 0.4) is 0 Å². The van der Waals surface area contributed by atoms with E-state index in [-0.39, 0.29) is 0 Å². The molecule has 0 amide bonds. The van der Waals surface area contributed by atoms with Crippen molar-refractivity contribution >= 4 is 35.8 Å². The van der Waals surface area contributed by atoms with E-state index in [0.717, 1.165) is 46.6 Å². The van der Waals surface area contributed by atoms with Crippen molar-refractivity contribution in [1.29, 1.82) is 0 Å². The highest BCUT2D eigenvalue weighted by molar-refractivity contribution is 6.31. The molecule has 0 aliphatic carbocycles. The average molecular weight is 367 g/mol.